The highest BCUT2D eigenvalue weighted by Crippen LogP contribution is 2.25. The molecule has 6 nitrogen and oxygen atoms in total. The third-order valence-electron chi connectivity index (χ3n) is 2.88. The summed E-state index contributed by atoms with van der Waals surface area (Å²) in [6.45, 7) is 0.427. The van der Waals surface area contributed by atoms with E-state index in [1.165, 1.54) is 15.7 Å². The molecule has 20 heavy (non-hydrogen) atoms. The maximum Gasteiger partial charge on any atom is 0.260 e. The number of aromatic nitrogens is 2. The summed E-state index contributed by atoms with van der Waals surface area (Å²) in [7, 11) is -3.63. The summed E-state index contributed by atoms with van der Waals surface area (Å²) in [5, 5.41) is 2.15. The largest absolute Gasteiger partial charge is 0.381 e. The van der Waals surface area contributed by atoms with E-state index in [9.17, 15) is 8.42 Å². The lowest BCUT2D eigenvalue weighted by molar-refractivity contribution is 0.577. The second-order valence-corrected chi connectivity index (χ2v) is 9.39. The molecule has 1 atom stereocenters. The smallest absolute Gasteiger partial charge is 0.260 e. The fraction of sp³-hybridized carbons (Fsp3) is 0.500. The number of thioether (sulfide) groups is 2. The molecular weight excluding hydrogens is 336 g/mol. The van der Waals surface area contributed by atoms with Gasteiger partial charge in [-0.25, -0.2) is 18.1 Å². The number of imidazole rings is 1. The molecule has 1 aliphatic heterocycles. The molecule has 110 valence electrons. The van der Waals surface area contributed by atoms with Gasteiger partial charge in [0.15, 0.2) is 15.8 Å². The van der Waals surface area contributed by atoms with Gasteiger partial charge in [-0.05, 0) is 0 Å². The zero-order valence-electron chi connectivity index (χ0n) is 10.5. The van der Waals surface area contributed by atoms with Crippen LogP contribution in [0.2, 0.25) is 0 Å². The molecule has 1 unspecified atom stereocenters. The van der Waals surface area contributed by atoms with Crippen LogP contribution >= 0.6 is 34.9 Å². The first-order valence-corrected chi connectivity index (χ1v) is 10.5. The summed E-state index contributed by atoms with van der Waals surface area (Å²) in [5.41, 5.74) is 5.74. The van der Waals surface area contributed by atoms with Gasteiger partial charge in [0.1, 0.15) is 0 Å². The number of hydrogen-bond donors (Lipinski definition) is 2. The van der Waals surface area contributed by atoms with Crippen molar-refractivity contribution in [2.75, 3.05) is 29.5 Å². The van der Waals surface area contributed by atoms with Crippen LogP contribution in [-0.2, 0) is 10.0 Å². The molecule has 3 N–H and O–H groups in total. The molecule has 3 rings (SSSR count). The molecule has 0 saturated carbocycles. The Hall–Kier alpha value is -0.420. The summed E-state index contributed by atoms with van der Waals surface area (Å²) in [5.74, 6) is 3.23. The van der Waals surface area contributed by atoms with Gasteiger partial charge in [-0.1, -0.05) is 0 Å². The molecule has 3 heterocycles. The first-order chi connectivity index (χ1) is 9.58. The highest BCUT2D eigenvalue weighted by molar-refractivity contribution is 8.06. The van der Waals surface area contributed by atoms with E-state index in [4.69, 9.17) is 5.73 Å². The summed E-state index contributed by atoms with van der Waals surface area (Å²) in [6.07, 6.45) is 1.67. The molecule has 1 aliphatic rings. The van der Waals surface area contributed by atoms with Crippen LogP contribution in [0, 0.1) is 0 Å². The summed E-state index contributed by atoms with van der Waals surface area (Å²) in [6, 6.07) is 0. The van der Waals surface area contributed by atoms with Crippen LogP contribution in [0.4, 0.5) is 5.82 Å². The van der Waals surface area contributed by atoms with Gasteiger partial charge in [0, 0.05) is 40.6 Å². The molecule has 10 heteroatoms. The van der Waals surface area contributed by atoms with Gasteiger partial charge in [0.25, 0.3) is 10.0 Å². The number of rotatable bonds is 4. The lowest BCUT2D eigenvalue weighted by atomic mass is 10.5. The van der Waals surface area contributed by atoms with E-state index < -0.39 is 10.0 Å². The Morgan fingerprint density at radius 1 is 1.50 bits per heavy atom. The normalized spacial score (nSPS) is 20.5. The highest BCUT2D eigenvalue weighted by atomic mass is 32.2. The highest BCUT2D eigenvalue weighted by Gasteiger charge is 2.26. The van der Waals surface area contributed by atoms with Crippen molar-refractivity contribution in [1.82, 2.24) is 14.1 Å². The van der Waals surface area contributed by atoms with Gasteiger partial charge in [0.05, 0.1) is 0 Å². The number of nitrogens with one attached hydrogen (secondary N) is 1. The molecule has 0 spiro atoms. The first kappa shape index (κ1) is 14.5. The van der Waals surface area contributed by atoms with Crippen LogP contribution in [0.5, 0.6) is 0 Å². The molecule has 0 aromatic carbocycles. The summed E-state index contributed by atoms with van der Waals surface area (Å²) < 4.78 is 29.0. The van der Waals surface area contributed by atoms with Gasteiger partial charge in [0.2, 0.25) is 0 Å². The molecule has 1 fully saturated rings. The number of nitrogens with two attached hydrogens (primary N) is 1. The molecule has 0 aliphatic carbocycles. The fourth-order valence-corrected chi connectivity index (χ4v) is 6.76. The van der Waals surface area contributed by atoms with Gasteiger partial charge >= 0.3 is 0 Å². The number of hydrogen-bond acceptors (Lipinski definition) is 7. The molecule has 1 saturated heterocycles. The van der Waals surface area contributed by atoms with Crippen LogP contribution in [0.1, 0.15) is 0 Å². The molecule has 0 amide bonds. The monoisotopic (exact) mass is 350 g/mol. The van der Waals surface area contributed by atoms with Crippen molar-refractivity contribution in [3.8, 4) is 0 Å². The van der Waals surface area contributed by atoms with Gasteiger partial charge in [-0.15, -0.1) is 11.3 Å². The standard InChI is InChI=1S/C10H14N4O2S4/c11-8-9(14-1-2-19-10(14)13-8)20(15,16)12-5-7-6-17-3-4-18-7/h1-2,7,12H,3-6,11H2. The maximum atomic E-state index is 12.4. The zero-order chi connectivity index (χ0) is 14.2. The van der Waals surface area contributed by atoms with E-state index in [0.29, 0.717) is 16.8 Å². The van der Waals surface area contributed by atoms with Crippen molar-refractivity contribution in [1.29, 1.82) is 0 Å². The predicted molar refractivity (Wildman–Crippen MR) is 86.2 cm³/mol. The van der Waals surface area contributed by atoms with Crippen LogP contribution in [-0.4, -0.2) is 46.9 Å². The van der Waals surface area contributed by atoms with Crippen molar-refractivity contribution in [2.45, 2.75) is 10.3 Å². The maximum absolute atomic E-state index is 12.4. The Labute approximate surface area is 129 Å². The van der Waals surface area contributed by atoms with Crippen LogP contribution < -0.4 is 10.5 Å². The number of sulfonamides is 1. The molecule has 2 aromatic rings. The predicted octanol–water partition coefficient (Wildman–Crippen LogP) is 1.10. The van der Waals surface area contributed by atoms with Crippen molar-refractivity contribution in [3.63, 3.8) is 0 Å². The SMILES string of the molecule is Nc1nc2sccn2c1S(=O)(=O)NCC1CSCCS1. The van der Waals surface area contributed by atoms with Crippen LogP contribution in [0.25, 0.3) is 4.96 Å². The van der Waals surface area contributed by atoms with E-state index in [1.54, 1.807) is 11.6 Å². The Balaban J connectivity index is 1.80. The van der Waals surface area contributed by atoms with Gasteiger partial charge < -0.3 is 5.73 Å². The second kappa shape index (κ2) is 5.76. The van der Waals surface area contributed by atoms with Crippen molar-refractivity contribution < 1.29 is 8.42 Å². The minimum absolute atomic E-state index is 0.0437. The Kier molecular flexibility index (Phi) is 4.18. The number of fused-ring (bicyclic) bond motifs is 1. The molecule has 2 aromatic heterocycles. The van der Waals surface area contributed by atoms with E-state index >= 15 is 0 Å². The van der Waals surface area contributed by atoms with Crippen molar-refractivity contribution >= 4 is 55.7 Å². The third kappa shape index (κ3) is 2.80. The topological polar surface area (TPSA) is 89.5 Å². The first-order valence-electron chi connectivity index (χ1n) is 5.98. The van der Waals surface area contributed by atoms with Crippen molar-refractivity contribution in [2.24, 2.45) is 0 Å². The van der Waals surface area contributed by atoms with Crippen molar-refractivity contribution in [3.05, 3.63) is 11.6 Å². The zero-order valence-corrected chi connectivity index (χ0v) is 13.7. The average Bonchev–Trinajstić information content (AvgIpc) is 2.97. The molecular formula is C10H14N4O2S4. The minimum Gasteiger partial charge on any atom is -0.381 e. The van der Waals surface area contributed by atoms with Gasteiger partial charge in [-0.2, -0.15) is 23.5 Å². The van der Waals surface area contributed by atoms with Gasteiger partial charge in [-0.3, -0.25) is 4.40 Å². The lowest BCUT2D eigenvalue weighted by Gasteiger charge is -2.20. The minimum atomic E-state index is -3.63. The summed E-state index contributed by atoms with van der Waals surface area (Å²) >= 11 is 5.03. The van der Waals surface area contributed by atoms with E-state index in [1.807, 2.05) is 23.5 Å². The molecule has 0 radical (unpaired) electrons. The van der Waals surface area contributed by atoms with E-state index in [-0.39, 0.29) is 10.8 Å². The number of nitrogen functional groups attached to an aromatic ring is 1. The third-order valence-corrected chi connectivity index (χ3v) is 7.95. The Bertz CT molecular complexity index is 702. The number of anilines is 1. The number of thiazole rings is 1. The average molecular weight is 351 g/mol. The number of nitrogens with zero attached hydrogens (tertiary/aromatic N) is 2. The summed E-state index contributed by atoms with van der Waals surface area (Å²) in [4.78, 5) is 4.65. The van der Waals surface area contributed by atoms with Crippen LogP contribution in [0.15, 0.2) is 16.6 Å². The quantitative estimate of drug-likeness (QED) is 0.858. The van der Waals surface area contributed by atoms with E-state index in [2.05, 4.69) is 9.71 Å². The Morgan fingerprint density at radius 2 is 2.35 bits per heavy atom. The van der Waals surface area contributed by atoms with E-state index in [0.717, 1.165) is 17.3 Å². The fourth-order valence-electron chi connectivity index (χ4n) is 1.97. The Morgan fingerprint density at radius 3 is 3.10 bits per heavy atom. The molecule has 0 bridgehead atoms. The second-order valence-electron chi connectivity index (χ2n) is 4.28. The lowest BCUT2D eigenvalue weighted by Crippen LogP contribution is -2.34. The van der Waals surface area contributed by atoms with Crippen LogP contribution in [0.3, 0.4) is 0 Å².